The summed E-state index contributed by atoms with van der Waals surface area (Å²) in [4.78, 5) is 24.7. The van der Waals surface area contributed by atoms with Crippen molar-refractivity contribution in [3.63, 3.8) is 0 Å². The molecule has 1 unspecified atom stereocenters. The SMILES string of the molecule is O=c1ccn([C@]2(F)O[C@H](C(O)[C@@H]3O[C@H](CO)[C@H](O)[C@H](O)[C@H]3O)[C@@H](O)[C@H]2O)c(=O)[nH]1. The van der Waals surface area contributed by atoms with Crippen LogP contribution in [0, 0.1) is 0 Å². The van der Waals surface area contributed by atoms with Gasteiger partial charge < -0.3 is 45.2 Å². The smallest absolute Gasteiger partial charge is 0.332 e. The maximum atomic E-state index is 15.3. The Kier molecular flexibility index (Phi) is 5.92. The fourth-order valence-corrected chi connectivity index (χ4v) is 3.45. The van der Waals surface area contributed by atoms with Gasteiger partial charge in [-0.25, -0.2) is 9.36 Å². The first-order valence-electron chi connectivity index (χ1n) is 8.56. The van der Waals surface area contributed by atoms with E-state index >= 15 is 4.39 Å². The van der Waals surface area contributed by atoms with Crippen molar-refractivity contribution >= 4 is 0 Å². The normalized spacial score (nSPS) is 44.0. The van der Waals surface area contributed by atoms with Gasteiger partial charge in [0.2, 0.25) is 0 Å². The molecule has 0 spiro atoms. The number of rotatable bonds is 4. The van der Waals surface area contributed by atoms with Crippen molar-refractivity contribution in [3.05, 3.63) is 33.1 Å². The molecule has 0 radical (unpaired) electrons. The number of aliphatic hydroxyl groups excluding tert-OH is 7. The summed E-state index contributed by atoms with van der Waals surface area (Å²) in [5.74, 6) is -3.40. The van der Waals surface area contributed by atoms with Crippen molar-refractivity contribution in [1.82, 2.24) is 9.55 Å². The molecule has 1 aromatic rings. The lowest BCUT2D eigenvalue weighted by Gasteiger charge is -2.43. The molecule has 10 atom stereocenters. The molecule has 13 nitrogen and oxygen atoms in total. The number of ether oxygens (including phenoxy) is 2. The van der Waals surface area contributed by atoms with Gasteiger partial charge in [0, 0.05) is 12.3 Å². The number of aromatic amines is 1. The van der Waals surface area contributed by atoms with Crippen molar-refractivity contribution in [3.8, 4) is 0 Å². The lowest BCUT2D eigenvalue weighted by molar-refractivity contribution is -0.281. The average Bonchev–Trinajstić information content (AvgIpc) is 2.91. The molecule has 0 aliphatic carbocycles. The van der Waals surface area contributed by atoms with E-state index in [1.165, 1.54) is 0 Å². The number of halogens is 1. The van der Waals surface area contributed by atoms with Crippen LogP contribution in [-0.4, -0.2) is 107 Å². The molecule has 3 rings (SSSR count). The van der Waals surface area contributed by atoms with Gasteiger partial charge in [-0.1, -0.05) is 0 Å². The Morgan fingerprint density at radius 1 is 1.10 bits per heavy atom. The minimum absolute atomic E-state index is 0.155. The molecule has 14 heteroatoms. The molecular formula is C15H21FN2O11. The second-order valence-corrected chi connectivity index (χ2v) is 6.89. The maximum absolute atomic E-state index is 15.3. The molecule has 2 fully saturated rings. The molecule has 1 aromatic heterocycles. The molecule has 8 N–H and O–H groups in total. The van der Waals surface area contributed by atoms with Gasteiger partial charge in [0.25, 0.3) is 5.56 Å². The number of nitrogens with one attached hydrogen (secondary N) is 1. The number of alkyl halides is 1. The number of aliphatic hydroxyl groups is 7. The van der Waals surface area contributed by atoms with Gasteiger partial charge in [-0.2, -0.15) is 4.39 Å². The van der Waals surface area contributed by atoms with Crippen LogP contribution >= 0.6 is 0 Å². The summed E-state index contributed by atoms with van der Waals surface area (Å²) in [5.41, 5.74) is -2.17. The van der Waals surface area contributed by atoms with Crippen molar-refractivity contribution in [2.24, 2.45) is 0 Å². The second kappa shape index (κ2) is 7.82. The summed E-state index contributed by atoms with van der Waals surface area (Å²) in [7, 11) is 0. The van der Waals surface area contributed by atoms with Crippen LogP contribution in [0.3, 0.4) is 0 Å². The van der Waals surface area contributed by atoms with Crippen LogP contribution in [0.2, 0.25) is 0 Å². The van der Waals surface area contributed by atoms with Gasteiger partial charge in [0.1, 0.15) is 48.8 Å². The monoisotopic (exact) mass is 424 g/mol. The van der Waals surface area contributed by atoms with Gasteiger partial charge in [0.15, 0.2) is 6.10 Å². The van der Waals surface area contributed by atoms with E-state index in [9.17, 15) is 45.3 Å². The first-order chi connectivity index (χ1) is 13.5. The molecule has 164 valence electrons. The molecule has 2 saturated heterocycles. The summed E-state index contributed by atoms with van der Waals surface area (Å²) in [6.45, 7) is -0.801. The first kappa shape index (κ1) is 21.9. The second-order valence-electron chi connectivity index (χ2n) is 6.89. The van der Waals surface area contributed by atoms with Crippen molar-refractivity contribution in [2.75, 3.05) is 6.61 Å². The molecule has 2 aliphatic heterocycles. The highest BCUT2D eigenvalue weighted by atomic mass is 19.2. The number of aromatic nitrogens is 2. The zero-order chi connectivity index (χ0) is 21.7. The lowest BCUT2D eigenvalue weighted by Crippen LogP contribution is -2.63. The quantitative estimate of drug-likeness (QED) is 0.228. The Morgan fingerprint density at radius 3 is 2.34 bits per heavy atom. The minimum atomic E-state index is -3.40. The Balaban J connectivity index is 1.89. The minimum Gasteiger partial charge on any atom is -0.394 e. The van der Waals surface area contributed by atoms with E-state index in [4.69, 9.17) is 9.47 Å². The van der Waals surface area contributed by atoms with Gasteiger partial charge in [-0.05, 0) is 0 Å². The molecule has 0 saturated carbocycles. The van der Waals surface area contributed by atoms with Crippen molar-refractivity contribution in [1.29, 1.82) is 0 Å². The van der Waals surface area contributed by atoms with Crippen LogP contribution in [0.25, 0.3) is 0 Å². The third-order valence-electron chi connectivity index (χ3n) is 5.08. The fraction of sp³-hybridized carbons (Fsp3) is 0.733. The van der Waals surface area contributed by atoms with Crippen LogP contribution in [0.4, 0.5) is 4.39 Å². The van der Waals surface area contributed by atoms with Crippen LogP contribution < -0.4 is 11.2 Å². The highest BCUT2D eigenvalue weighted by Gasteiger charge is 2.61. The van der Waals surface area contributed by atoms with E-state index in [1.807, 2.05) is 0 Å². The Morgan fingerprint density at radius 2 is 1.76 bits per heavy atom. The summed E-state index contributed by atoms with van der Waals surface area (Å²) in [6.07, 6.45) is -16.6. The molecule has 29 heavy (non-hydrogen) atoms. The van der Waals surface area contributed by atoms with E-state index in [-0.39, 0.29) is 4.57 Å². The van der Waals surface area contributed by atoms with Gasteiger partial charge in [0.05, 0.1) is 6.61 Å². The van der Waals surface area contributed by atoms with Gasteiger partial charge >= 0.3 is 11.7 Å². The maximum Gasteiger partial charge on any atom is 0.332 e. The number of nitrogens with zero attached hydrogens (tertiary/aromatic N) is 1. The van der Waals surface area contributed by atoms with E-state index in [0.29, 0.717) is 6.20 Å². The largest absolute Gasteiger partial charge is 0.394 e. The Hall–Kier alpha value is -1.75. The predicted octanol–water partition coefficient (Wildman–Crippen LogP) is -5.56. The summed E-state index contributed by atoms with van der Waals surface area (Å²) in [6, 6.07) is 0.756. The van der Waals surface area contributed by atoms with E-state index in [2.05, 4.69) is 0 Å². The molecule has 3 heterocycles. The topological polar surface area (TPSA) is 215 Å². The Bertz CT molecular complexity index is 846. The summed E-state index contributed by atoms with van der Waals surface area (Å²) in [5, 5.41) is 69.6. The van der Waals surface area contributed by atoms with E-state index in [0.717, 1.165) is 6.07 Å². The summed E-state index contributed by atoms with van der Waals surface area (Å²) >= 11 is 0. The number of hydrogen-bond acceptors (Lipinski definition) is 11. The highest BCUT2D eigenvalue weighted by molar-refractivity contribution is 5.03. The summed E-state index contributed by atoms with van der Waals surface area (Å²) < 4.78 is 25.5. The third kappa shape index (κ3) is 3.52. The first-order valence-corrected chi connectivity index (χ1v) is 8.56. The fourth-order valence-electron chi connectivity index (χ4n) is 3.45. The zero-order valence-corrected chi connectivity index (χ0v) is 14.6. The standard InChI is InChI=1S/C15H21FN2O11/c16-15(18-2-1-5(20)17-14(18)27)13(26)10(25)12(29-15)9(24)11-8(23)7(22)6(21)4(3-19)28-11/h1-2,4,6-13,19,21-26H,3H2,(H,17,20,27)/t4-,6+,7+,8-,9?,10-,11-,12-,13-,15+/m1/s1. The van der Waals surface area contributed by atoms with Crippen LogP contribution in [0.5, 0.6) is 0 Å². The third-order valence-corrected chi connectivity index (χ3v) is 5.08. The zero-order valence-electron chi connectivity index (χ0n) is 14.6. The van der Waals surface area contributed by atoms with Gasteiger partial charge in [-0.15, -0.1) is 0 Å². The molecule has 0 aromatic carbocycles. The van der Waals surface area contributed by atoms with Crippen molar-refractivity contribution in [2.45, 2.75) is 60.9 Å². The molecular weight excluding hydrogens is 403 g/mol. The van der Waals surface area contributed by atoms with Crippen LogP contribution in [0.1, 0.15) is 0 Å². The van der Waals surface area contributed by atoms with E-state index in [1.54, 1.807) is 4.98 Å². The highest BCUT2D eigenvalue weighted by Crippen LogP contribution is 2.39. The molecule has 0 bridgehead atoms. The average molecular weight is 424 g/mol. The number of H-pyrrole nitrogens is 1. The number of hydrogen-bond donors (Lipinski definition) is 8. The van der Waals surface area contributed by atoms with Crippen LogP contribution in [-0.2, 0) is 15.5 Å². The predicted molar refractivity (Wildman–Crippen MR) is 87.1 cm³/mol. The van der Waals surface area contributed by atoms with Crippen LogP contribution in [0.15, 0.2) is 21.9 Å². The van der Waals surface area contributed by atoms with Crippen molar-refractivity contribution < 1.29 is 49.6 Å². The van der Waals surface area contributed by atoms with Gasteiger partial charge in [-0.3, -0.25) is 9.78 Å². The Labute approximate surface area is 160 Å². The lowest BCUT2D eigenvalue weighted by atomic mass is 9.89. The molecule has 0 amide bonds. The molecule has 2 aliphatic rings. The van der Waals surface area contributed by atoms with E-state index < -0.39 is 78.8 Å².